The molecule has 3 heteroatoms. The van der Waals surface area contributed by atoms with E-state index in [0.29, 0.717) is 0 Å². The van der Waals surface area contributed by atoms with Crippen LogP contribution in [0.3, 0.4) is 0 Å². The molecular weight excluding hydrogens is 198 g/mol. The van der Waals surface area contributed by atoms with Crippen LogP contribution in [0.25, 0.3) is 0 Å². The molecule has 3 rings (SSSR count). The summed E-state index contributed by atoms with van der Waals surface area (Å²) >= 11 is 0. The maximum absolute atomic E-state index is 6.18. The van der Waals surface area contributed by atoms with E-state index in [-0.39, 0.29) is 5.54 Å². The van der Waals surface area contributed by atoms with Crippen molar-refractivity contribution in [3.05, 3.63) is 0 Å². The van der Waals surface area contributed by atoms with Crippen molar-refractivity contribution in [1.29, 1.82) is 0 Å². The monoisotopic (exact) mass is 223 g/mol. The van der Waals surface area contributed by atoms with Crippen molar-refractivity contribution in [3.63, 3.8) is 0 Å². The molecule has 0 amide bonds. The first-order chi connectivity index (χ1) is 7.75. The van der Waals surface area contributed by atoms with Gasteiger partial charge in [-0.25, -0.2) is 0 Å². The molecule has 2 saturated carbocycles. The summed E-state index contributed by atoms with van der Waals surface area (Å²) in [7, 11) is 0. The third-order valence-electron chi connectivity index (χ3n) is 4.68. The minimum Gasteiger partial charge on any atom is -0.324 e. The van der Waals surface area contributed by atoms with Crippen molar-refractivity contribution < 1.29 is 0 Å². The Hall–Kier alpha value is -0.120. The molecule has 0 aromatic carbocycles. The van der Waals surface area contributed by atoms with Crippen molar-refractivity contribution in [2.75, 3.05) is 32.7 Å². The van der Waals surface area contributed by atoms with Crippen LogP contribution < -0.4 is 5.73 Å². The lowest BCUT2D eigenvalue weighted by Gasteiger charge is -2.39. The number of nitrogens with two attached hydrogens (primary N) is 1. The summed E-state index contributed by atoms with van der Waals surface area (Å²) in [5.74, 6) is 0. The molecule has 3 nitrogen and oxygen atoms in total. The molecule has 1 heterocycles. The Morgan fingerprint density at radius 3 is 2.19 bits per heavy atom. The van der Waals surface area contributed by atoms with Gasteiger partial charge in [0.05, 0.1) is 0 Å². The first-order valence-electron chi connectivity index (χ1n) is 7.01. The first kappa shape index (κ1) is 11.0. The van der Waals surface area contributed by atoms with Gasteiger partial charge in [0.1, 0.15) is 0 Å². The van der Waals surface area contributed by atoms with Crippen molar-refractivity contribution in [2.24, 2.45) is 5.73 Å². The molecule has 0 atom stereocenters. The Balaban J connectivity index is 1.44. The zero-order chi connectivity index (χ0) is 11.0. The van der Waals surface area contributed by atoms with Crippen LogP contribution in [-0.4, -0.2) is 54.1 Å². The normalized spacial score (nSPS) is 32.1. The smallest absolute Gasteiger partial charge is 0.0284 e. The predicted molar refractivity (Wildman–Crippen MR) is 66.4 cm³/mol. The van der Waals surface area contributed by atoms with E-state index in [0.717, 1.165) is 12.6 Å². The molecule has 2 aliphatic carbocycles. The van der Waals surface area contributed by atoms with Crippen LogP contribution in [0.1, 0.15) is 38.5 Å². The van der Waals surface area contributed by atoms with E-state index < -0.39 is 0 Å². The van der Waals surface area contributed by atoms with E-state index in [2.05, 4.69) is 9.80 Å². The Labute approximate surface area is 99.0 Å². The molecule has 92 valence electrons. The summed E-state index contributed by atoms with van der Waals surface area (Å²) in [5.41, 5.74) is 6.38. The molecule has 0 aromatic heterocycles. The molecule has 3 fully saturated rings. The van der Waals surface area contributed by atoms with Crippen LogP contribution in [0, 0.1) is 0 Å². The topological polar surface area (TPSA) is 32.5 Å². The summed E-state index contributed by atoms with van der Waals surface area (Å²) < 4.78 is 0. The Morgan fingerprint density at radius 1 is 1.00 bits per heavy atom. The van der Waals surface area contributed by atoms with Gasteiger partial charge in [-0.3, -0.25) is 9.80 Å². The lowest BCUT2D eigenvalue weighted by Crippen LogP contribution is -2.52. The Morgan fingerprint density at radius 2 is 1.62 bits per heavy atom. The van der Waals surface area contributed by atoms with Crippen molar-refractivity contribution in [1.82, 2.24) is 9.80 Å². The third kappa shape index (κ3) is 2.41. The van der Waals surface area contributed by atoms with Gasteiger partial charge in [0, 0.05) is 44.3 Å². The summed E-state index contributed by atoms with van der Waals surface area (Å²) in [6, 6.07) is 0.912. The highest BCUT2D eigenvalue weighted by atomic mass is 15.3. The highest BCUT2D eigenvalue weighted by Crippen LogP contribution is 2.33. The molecule has 2 N–H and O–H groups in total. The Kier molecular flexibility index (Phi) is 2.94. The number of hydrogen-bond donors (Lipinski definition) is 1. The zero-order valence-electron chi connectivity index (χ0n) is 10.3. The van der Waals surface area contributed by atoms with E-state index in [1.54, 1.807) is 0 Å². The molecule has 0 radical (unpaired) electrons. The second-order valence-corrected chi connectivity index (χ2v) is 6.11. The second kappa shape index (κ2) is 4.28. The average Bonchev–Trinajstić information content (AvgIpc) is 2.83. The predicted octanol–water partition coefficient (Wildman–Crippen LogP) is 1.04. The molecular formula is C13H25N3. The van der Waals surface area contributed by atoms with Crippen LogP contribution >= 0.6 is 0 Å². The van der Waals surface area contributed by atoms with Gasteiger partial charge in [0.25, 0.3) is 0 Å². The zero-order valence-corrected chi connectivity index (χ0v) is 10.3. The summed E-state index contributed by atoms with van der Waals surface area (Å²) in [6.45, 7) is 6.19. The van der Waals surface area contributed by atoms with Crippen LogP contribution in [0.15, 0.2) is 0 Å². The number of nitrogens with zero attached hydrogens (tertiary/aromatic N) is 2. The van der Waals surface area contributed by atoms with Crippen LogP contribution in [-0.2, 0) is 0 Å². The van der Waals surface area contributed by atoms with Gasteiger partial charge in [-0.15, -0.1) is 0 Å². The molecule has 0 aromatic rings. The third-order valence-corrected chi connectivity index (χ3v) is 4.68. The van der Waals surface area contributed by atoms with Crippen molar-refractivity contribution >= 4 is 0 Å². The standard InChI is InChI=1S/C13H25N3/c14-13(5-6-13)11-15-7-9-16(10-8-15)12-3-1-2-4-12/h12H,1-11,14H2. The molecule has 3 aliphatic rings. The average molecular weight is 223 g/mol. The maximum Gasteiger partial charge on any atom is 0.0284 e. The maximum atomic E-state index is 6.18. The van der Waals surface area contributed by atoms with Gasteiger partial charge >= 0.3 is 0 Å². The lowest BCUT2D eigenvalue weighted by molar-refractivity contribution is 0.0924. The molecule has 1 saturated heterocycles. The molecule has 16 heavy (non-hydrogen) atoms. The van der Waals surface area contributed by atoms with E-state index in [1.165, 1.54) is 64.7 Å². The first-order valence-corrected chi connectivity index (χ1v) is 7.01. The fourth-order valence-corrected chi connectivity index (χ4v) is 3.32. The molecule has 0 unspecified atom stereocenters. The van der Waals surface area contributed by atoms with Crippen molar-refractivity contribution in [2.45, 2.75) is 50.1 Å². The van der Waals surface area contributed by atoms with Gasteiger partial charge in [-0.05, 0) is 25.7 Å². The molecule has 1 aliphatic heterocycles. The van der Waals surface area contributed by atoms with E-state index in [4.69, 9.17) is 5.73 Å². The lowest BCUT2D eigenvalue weighted by atomic mass is 10.1. The molecule has 0 spiro atoms. The fraction of sp³-hybridized carbons (Fsp3) is 1.00. The highest BCUT2D eigenvalue weighted by Gasteiger charge is 2.40. The van der Waals surface area contributed by atoms with Gasteiger partial charge in [-0.1, -0.05) is 12.8 Å². The van der Waals surface area contributed by atoms with Gasteiger partial charge in [0.2, 0.25) is 0 Å². The van der Waals surface area contributed by atoms with E-state index in [9.17, 15) is 0 Å². The van der Waals surface area contributed by atoms with Gasteiger partial charge < -0.3 is 5.73 Å². The fourth-order valence-electron chi connectivity index (χ4n) is 3.32. The van der Waals surface area contributed by atoms with Crippen molar-refractivity contribution in [3.8, 4) is 0 Å². The van der Waals surface area contributed by atoms with Crippen LogP contribution in [0.2, 0.25) is 0 Å². The quantitative estimate of drug-likeness (QED) is 0.776. The largest absolute Gasteiger partial charge is 0.324 e. The molecule has 0 bridgehead atoms. The highest BCUT2D eigenvalue weighted by molar-refractivity contribution is 5.01. The van der Waals surface area contributed by atoms with Crippen LogP contribution in [0.4, 0.5) is 0 Å². The SMILES string of the molecule is NC1(CN2CCN(C3CCCC3)CC2)CC1. The minimum atomic E-state index is 0.204. The van der Waals surface area contributed by atoms with Crippen LogP contribution in [0.5, 0.6) is 0 Å². The summed E-state index contributed by atoms with van der Waals surface area (Å²) in [5, 5.41) is 0. The summed E-state index contributed by atoms with van der Waals surface area (Å²) in [6.07, 6.45) is 8.29. The van der Waals surface area contributed by atoms with Gasteiger partial charge in [-0.2, -0.15) is 0 Å². The van der Waals surface area contributed by atoms with Gasteiger partial charge in [0.15, 0.2) is 0 Å². The van der Waals surface area contributed by atoms with E-state index in [1.807, 2.05) is 0 Å². The number of piperazine rings is 1. The summed E-state index contributed by atoms with van der Waals surface area (Å²) in [4.78, 5) is 5.30. The minimum absolute atomic E-state index is 0.204. The number of rotatable bonds is 3. The van der Waals surface area contributed by atoms with E-state index >= 15 is 0 Å². The second-order valence-electron chi connectivity index (χ2n) is 6.11. The Bertz CT molecular complexity index is 236. The number of hydrogen-bond acceptors (Lipinski definition) is 3.